The van der Waals surface area contributed by atoms with Gasteiger partial charge >= 0.3 is 17.9 Å². The van der Waals surface area contributed by atoms with Crippen LogP contribution in [0.4, 0.5) is 0 Å². The van der Waals surface area contributed by atoms with Crippen LogP contribution >= 0.6 is 0 Å². The SMILES string of the molecule is CC\C=C/C=C\C=C/C=C\C=C\C=C/C=C\CCCCCC(=O)OCC(COC(=O)C/C=C\C/C=C\C/C=C\CC)OC(=O)CCCCCCCCCCCCCCCCC. The van der Waals surface area contributed by atoms with E-state index < -0.39 is 12.1 Å². The molecule has 0 amide bonds. The maximum atomic E-state index is 12.7. The lowest BCUT2D eigenvalue weighted by Crippen LogP contribution is -2.30. The van der Waals surface area contributed by atoms with Crippen molar-refractivity contribution in [1.82, 2.24) is 0 Å². The highest BCUT2D eigenvalue weighted by Gasteiger charge is 2.19. The number of carbonyl (C=O) groups excluding carboxylic acids is 3. The van der Waals surface area contributed by atoms with Crippen LogP contribution in [0.25, 0.3) is 0 Å². The van der Waals surface area contributed by atoms with Crippen molar-refractivity contribution in [2.45, 2.75) is 194 Å². The smallest absolute Gasteiger partial charge is 0.309 e. The van der Waals surface area contributed by atoms with Gasteiger partial charge in [-0.25, -0.2) is 0 Å². The first-order valence-corrected chi connectivity index (χ1v) is 24.1. The molecule has 0 heterocycles. The zero-order valence-corrected chi connectivity index (χ0v) is 38.9. The molecule has 6 nitrogen and oxygen atoms in total. The summed E-state index contributed by atoms with van der Waals surface area (Å²) in [7, 11) is 0. The van der Waals surface area contributed by atoms with E-state index in [4.69, 9.17) is 14.2 Å². The highest BCUT2D eigenvalue weighted by Crippen LogP contribution is 2.14. The minimum absolute atomic E-state index is 0.123. The second kappa shape index (κ2) is 48.5. The Morgan fingerprint density at radius 3 is 1.28 bits per heavy atom. The lowest BCUT2D eigenvalue weighted by molar-refractivity contribution is -0.166. The van der Waals surface area contributed by atoms with Crippen LogP contribution in [0.5, 0.6) is 0 Å². The van der Waals surface area contributed by atoms with Crippen molar-refractivity contribution in [1.29, 1.82) is 0 Å². The van der Waals surface area contributed by atoms with E-state index in [0.717, 1.165) is 64.2 Å². The number of allylic oxidation sites excluding steroid dienone is 19. The van der Waals surface area contributed by atoms with Crippen molar-refractivity contribution in [2.24, 2.45) is 0 Å². The van der Waals surface area contributed by atoms with Gasteiger partial charge in [-0.1, -0.05) is 239 Å². The van der Waals surface area contributed by atoms with Crippen LogP contribution < -0.4 is 0 Å². The molecule has 1 unspecified atom stereocenters. The number of ether oxygens (including phenoxy) is 3. The first kappa shape index (κ1) is 56.8. The molecule has 0 aromatic heterocycles. The molecule has 0 N–H and O–H groups in total. The highest BCUT2D eigenvalue weighted by atomic mass is 16.6. The molecular formula is C55H86O6. The molecule has 0 aliphatic heterocycles. The number of unbranched alkanes of at least 4 members (excludes halogenated alkanes) is 17. The van der Waals surface area contributed by atoms with Gasteiger partial charge in [-0.3, -0.25) is 14.4 Å². The lowest BCUT2D eigenvalue weighted by Gasteiger charge is -2.18. The summed E-state index contributed by atoms with van der Waals surface area (Å²) in [6, 6.07) is 0. The quantitative estimate of drug-likeness (QED) is 0.0201. The third kappa shape index (κ3) is 46.7. The van der Waals surface area contributed by atoms with Crippen molar-refractivity contribution in [3.05, 3.63) is 122 Å². The fraction of sp³-hybridized carbons (Fsp3) is 0.582. The number of rotatable bonds is 41. The van der Waals surface area contributed by atoms with Gasteiger partial charge in [0.15, 0.2) is 6.10 Å². The van der Waals surface area contributed by atoms with Crippen LogP contribution in [-0.2, 0) is 28.6 Å². The standard InChI is InChI=1S/C55H86O6/c1-4-7-10-13-16-19-21-23-25-26-27-28-30-31-33-36-39-42-45-48-54(57)60-51-52(50-59-53(56)47-44-41-38-35-18-15-12-9-6-3)61-55(58)49-46-43-40-37-34-32-29-24-22-20-17-14-11-8-5-2/h7,9-10,12-13,16,18-19,21,23,25-28,30-31,33,35,41,44,52H,4-6,8,11,14-15,17,20,22,24,29,32,34,36-40,42-43,45-51H2,1-3H3/b10-7-,12-9-,16-13-,21-19-,25-23-,27-26+,30-28-,33-31-,35-18-,44-41-. The molecule has 0 fully saturated rings. The van der Waals surface area contributed by atoms with Gasteiger partial charge in [0.05, 0.1) is 6.42 Å². The Labute approximate surface area is 373 Å². The third-order valence-corrected chi connectivity index (χ3v) is 9.69. The summed E-state index contributed by atoms with van der Waals surface area (Å²) in [5.74, 6) is -1.11. The average molecular weight is 843 g/mol. The van der Waals surface area contributed by atoms with E-state index in [1.807, 2.05) is 79.0 Å². The maximum absolute atomic E-state index is 12.7. The van der Waals surface area contributed by atoms with E-state index in [9.17, 15) is 14.4 Å². The molecule has 0 rings (SSSR count). The van der Waals surface area contributed by atoms with Gasteiger partial charge in [0.2, 0.25) is 0 Å². The summed E-state index contributed by atoms with van der Waals surface area (Å²) in [6.45, 7) is 6.22. The van der Waals surface area contributed by atoms with Crippen LogP contribution in [-0.4, -0.2) is 37.2 Å². The van der Waals surface area contributed by atoms with Crippen LogP contribution in [0, 0.1) is 0 Å². The molecule has 0 spiro atoms. The Morgan fingerprint density at radius 2 is 0.770 bits per heavy atom. The fourth-order valence-electron chi connectivity index (χ4n) is 6.13. The van der Waals surface area contributed by atoms with E-state index in [-0.39, 0.29) is 38.0 Å². The Balaban J connectivity index is 4.51. The zero-order valence-electron chi connectivity index (χ0n) is 38.9. The van der Waals surface area contributed by atoms with Crippen molar-refractivity contribution >= 4 is 17.9 Å². The number of esters is 3. The van der Waals surface area contributed by atoms with Crippen LogP contribution in [0.3, 0.4) is 0 Å². The number of carbonyl (C=O) groups is 3. The Bertz CT molecular complexity index is 1340. The third-order valence-electron chi connectivity index (χ3n) is 9.69. The molecule has 0 aromatic carbocycles. The van der Waals surface area contributed by atoms with Crippen LogP contribution in [0.2, 0.25) is 0 Å². The van der Waals surface area contributed by atoms with Crippen molar-refractivity contribution in [3.8, 4) is 0 Å². The van der Waals surface area contributed by atoms with E-state index in [1.54, 1.807) is 6.08 Å². The second-order valence-electron chi connectivity index (χ2n) is 15.5. The summed E-state index contributed by atoms with van der Waals surface area (Å²) in [5, 5.41) is 0. The Kier molecular flexibility index (Phi) is 45.1. The first-order chi connectivity index (χ1) is 30.0. The predicted octanol–water partition coefficient (Wildman–Crippen LogP) is 15.7. The van der Waals surface area contributed by atoms with Crippen molar-refractivity contribution in [2.75, 3.05) is 13.2 Å². The molecule has 0 aliphatic rings. The van der Waals surface area contributed by atoms with Gasteiger partial charge in [-0.05, 0) is 51.4 Å². The van der Waals surface area contributed by atoms with Crippen LogP contribution in [0.15, 0.2) is 122 Å². The molecule has 0 bridgehead atoms. The van der Waals surface area contributed by atoms with Gasteiger partial charge in [0, 0.05) is 12.8 Å². The summed E-state index contributed by atoms with van der Waals surface area (Å²) in [5.41, 5.74) is 0. The predicted molar refractivity (Wildman–Crippen MR) is 260 cm³/mol. The molecule has 0 saturated carbocycles. The number of hydrogen-bond donors (Lipinski definition) is 0. The Hall–Kier alpha value is -4.19. The molecule has 6 heteroatoms. The van der Waals surface area contributed by atoms with E-state index in [0.29, 0.717) is 12.8 Å². The zero-order chi connectivity index (χ0) is 44.4. The maximum Gasteiger partial charge on any atom is 0.309 e. The molecule has 1 atom stereocenters. The highest BCUT2D eigenvalue weighted by molar-refractivity contribution is 5.72. The van der Waals surface area contributed by atoms with Gasteiger partial charge in [-0.15, -0.1) is 0 Å². The van der Waals surface area contributed by atoms with Crippen molar-refractivity contribution < 1.29 is 28.6 Å². The minimum Gasteiger partial charge on any atom is -0.462 e. The summed E-state index contributed by atoms with van der Waals surface area (Å²) >= 11 is 0. The number of hydrogen-bond acceptors (Lipinski definition) is 6. The second-order valence-corrected chi connectivity index (χ2v) is 15.5. The normalized spacial score (nSPS) is 13.2. The molecule has 61 heavy (non-hydrogen) atoms. The molecular weight excluding hydrogens is 757 g/mol. The molecule has 0 saturated heterocycles. The fourth-order valence-corrected chi connectivity index (χ4v) is 6.13. The lowest BCUT2D eigenvalue weighted by atomic mass is 10.0. The van der Waals surface area contributed by atoms with Gasteiger partial charge in [0.1, 0.15) is 13.2 Å². The van der Waals surface area contributed by atoms with Crippen LogP contribution in [0.1, 0.15) is 188 Å². The minimum atomic E-state index is -0.832. The summed E-state index contributed by atoms with van der Waals surface area (Å²) in [6.07, 6.45) is 66.4. The summed E-state index contributed by atoms with van der Waals surface area (Å²) in [4.78, 5) is 37.7. The van der Waals surface area contributed by atoms with E-state index in [2.05, 4.69) is 57.2 Å². The topological polar surface area (TPSA) is 78.9 Å². The van der Waals surface area contributed by atoms with E-state index >= 15 is 0 Å². The molecule has 0 aromatic rings. The molecule has 0 aliphatic carbocycles. The largest absolute Gasteiger partial charge is 0.462 e. The van der Waals surface area contributed by atoms with Gasteiger partial charge in [0.25, 0.3) is 0 Å². The Morgan fingerprint density at radius 1 is 0.377 bits per heavy atom. The molecule has 0 radical (unpaired) electrons. The van der Waals surface area contributed by atoms with Crippen molar-refractivity contribution in [3.63, 3.8) is 0 Å². The average Bonchev–Trinajstić information content (AvgIpc) is 3.26. The summed E-state index contributed by atoms with van der Waals surface area (Å²) < 4.78 is 16.6. The first-order valence-electron chi connectivity index (χ1n) is 24.1. The monoisotopic (exact) mass is 843 g/mol. The van der Waals surface area contributed by atoms with E-state index in [1.165, 1.54) is 77.0 Å². The molecule has 342 valence electrons. The van der Waals surface area contributed by atoms with Gasteiger partial charge in [-0.2, -0.15) is 0 Å². The van der Waals surface area contributed by atoms with Gasteiger partial charge < -0.3 is 14.2 Å².